The van der Waals surface area contributed by atoms with Crippen LogP contribution in [0.1, 0.15) is 17.2 Å². The lowest BCUT2D eigenvalue weighted by Gasteiger charge is -2.15. The summed E-state index contributed by atoms with van der Waals surface area (Å²) in [5, 5.41) is 18.5. The summed E-state index contributed by atoms with van der Waals surface area (Å²) in [7, 11) is 0. The number of nitrogens with zero attached hydrogens (tertiary/aromatic N) is 1. The minimum absolute atomic E-state index is 0.209. The van der Waals surface area contributed by atoms with Gasteiger partial charge in [-0.25, -0.2) is 4.79 Å². The van der Waals surface area contributed by atoms with Crippen LogP contribution in [-0.2, 0) is 11.0 Å². The Labute approximate surface area is 117 Å². The van der Waals surface area contributed by atoms with Crippen molar-refractivity contribution in [2.45, 2.75) is 12.3 Å². The molecule has 1 heterocycles. The maximum atomic E-state index is 12.7. The summed E-state index contributed by atoms with van der Waals surface area (Å²) < 4.78 is 38.2. The van der Waals surface area contributed by atoms with Gasteiger partial charge >= 0.3 is 12.1 Å². The van der Waals surface area contributed by atoms with Crippen LogP contribution in [-0.4, -0.2) is 21.2 Å². The number of aromatic nitrogens is 1. The zero-order chi connectivity index (χ0) is 15.6. The van der Waals surface area contributed by atoms with Gasteiger partial charge in [-0.1, -0.05) is 6.07 Å². The molecule has 1 aromatic heterocycles. The number of alkyl halides is 3. The van der Waals surface area contributed by atoms with E-state index in [-0.39, 0.29) is 11.1 Å². The molecule has 1 aromatic carbocycles. The van der Waals surface area contributed by atoms with E-state index < -0.39 is 23.8 Å². The number of benzene rings is 1. The first kappa shape index (κ1) is 15.0. The van der Waals surface area contributed by atoms with Gasteiger partial charge in [0, 0.05) is 18.0 Å². The molecule has 2 rings (SSSR count). The Morgan fingerprint density at radius 2 is 1.76 bits per heavy atom. The van der Waals surface area contributed by atoms with Crippen LogP contribution in [0, 0.1) is 0 Å². The maximum Gasteiger partial charge on any atom is 0.416 e. The third-order valence-corrected chi connectivity index (χ3v) is 2.90. The van der Waals surface area contributed by atoms with Gasteiger partial charge in [-0.15, -0.1) is 0 Å². The monoisotopic (exact) mass is 297 g/mol. The van der Waals surface area contributed by atoms with Gasteiger partial charge in [-0.2, -0.15) is 13.2 Å². The molecular formula is C14H10F3NO3. The van der Waals surface area contributed by atoms with E-state index in [4.69, 9.17) is 5.11 Å². The second-order valence-corrected chi connectivity index (χ2v) is 4.28. The highest BCUT2D eigenvalue weighted by Gasteiger charge is 2.32. The molecule has 4 nitrogen and oxygen atoms in total. The van der Waals surface area contributed by atoms with Crippen molar-refractivity contribution in [3.63, 3.8) is 0 Å². The number of carboxylic acid groups (broad SMARTS) is 1. The van der Waals surface area contributed by atoms with Gasteiger partial charge in [0.15, 0.2) is 6.10 Å². The van der Waals surface area contributed by atoms with E-state index in [1.54, 1.807) is 0 Å². The fourth-order valence-corrected chi connectivity index (χ4v) is 1.89. The lowest BCUT2D eigenvalue weighted by atomic mass is 9.94. The van der Waals surface area contributed by atoms with E-state index in [2.05, 4.69) is 4.98 Å². The van der Waals surface area contributed by atoms with Crippen LogP contribution in [0.5, 0.6) is 0 Å². The van der Waals surface area contributed by atoms with Crippen LogP contribution in [0.2, 0.25) is 0 Å². The normalized spacial score (nSPS) is 13.0. The van der Waals surface area contributed by atoms with Crippen LogP contribution < -0.4 is 0 Å². The molecule has 0 saturated heterocycles. The quantitative estimate of drug-likeness (QED) is 0.914. The molecule has 0 spiro atoms. The molecule has 0 saturated carbocycles. The van der Waals surface area contributed by atoms with Crippen molar-refractivity contribution in [2.75, 3.05) is 0 Å². The summed E-state index contributed by atoms with van der Waals surface area (Å²) in [6.07, 6.45) is -3.83. The third kappa shape index (κ3) is 3.19. The van der Waals surface area contributed by atoms with Crippen molar-refractivity contribution >= 4 is 5.97 Å². The minimum Gasteiger partial charge on any atom is -0.479 e. The summed E-state index contributed by atoms with van der Waals surface area (Å²) in [4.78, 5) is 14.7. The molecule has 2 aromatic rings. The van der Waals surface area contributed by atoms with Crippen LogP contribution in [0.3, 0.4) is 0 Å². The van der Waals surface area contributed by atoms with Crippen molar-refractivity contribution in [1.29, 1.82) is 0 Å². The van der Waals surface area contributed by atoms with Crippen molar-refractivity contribution in [1.82, 2.24) is 4.98 Å². The van der Waals surface area contributed by atoms with Gasteiger partial charge in [0.2, 0.25) is 0 Å². The minimum atomic E-state index is -4.62. The van der Waals surface area contributed by atoms with Crippen LogP contribution in [0.4, 0.5) is 13.2 Å². The number of hydrogen-bond acceptors (Lipinski definition) is 3. The third-order valence-electron chi connectivity index (χ3n) is 2.90. The number of carbonyl (C=O) groups is 1. The van der Waals surface area contributed by atoms with E-state index >= 15 is 0 Å². The van der Waals surface area contributed by atoms with Crippen LogP contribution in [0.15, 0.2) is 42.7 Å². The Balaban J connectivity index is 2.63. The van der Waals surface area contributed by atoms with Gasteiger partial charge in [-0.3, -0.25) is 4.98 Å². The SMILES string of the molecule is O=C(O)C(O)c1cc(C(F)(F)F)ccc1-c1ccncc1. The van der Waals surface area contributed by atoms with E-state index in [9.17, 15) is 23.1 Å². The summed E-state index contributed by atoms with van der Waals surface area (Å²) in [5.41, 5.74) is -0.659. The van der Waals surface area contributed by atoms with Crippen molar-refractivity contribution in [3.05, 3.63) is 53.9 Å². The zero-order valence-electron chi connectivity index (χ0n) is 10.5. The number of aliphatic hydroxyl groups is 1. The molecule has 0 bridgehead atoms. The van der Waals surface area contributed by atoms with Gasteiger partial charge in [0.25, 0.3) is 0 Å². The first-order valence-electron chi connectivity index (χ1n) is 5.83. The van der Waals surface area contributed by atoms with E-state index in [1.165, 1.54) is 24.5 Å². The number of hydrogen-bond donors (Lipinski definition) is 2. The van der Waals surface area contributed by atoms with E-state index in [0.29, 0.717) is 11.6 Å². The number of aliphatic carboxylic acids is 1. The lowest BCUT2D eigenvalue weighted by molar-refractivity contribution is -0.147. The number of carboxylic acids is 1. The van der Waals surface area contributed by atoms with Gasteiger partial charge in [0.05, 0.1) is 5.56 Å². The van der Waals surface area contributed by atoms with E-state index in [1.807, 2.05) is 0 Å². The Morgan fingerprint density at radius 1 is 1.14 bits per heavy atom. The second kappa shape index (κ2) is 5.53. The summed E-state index contributed by atoms with van der Waals surface area (Å²) in [5.74, 6) is -1.62. The molecule has 0 amide bonds. The maximum absolute atomic E-state index is 12.7. The molecule has 0 radical (unpaired) electrons. The Bertz CT molecular complexity index is 656. The molecular weight excluding hydrogens is 287 g/mol. The number of rotatable bonds is 3. The van der Waals surface area contributed by atoms with Crippen LogP contribution >= 0.6 is 0 Å². The Hall–Kier alpha value is -2.41. The summed E-state index contributed by atoms with van der Waals surface area (Å²) in [6, 6.07) is 5.66. The lowest BCUT2D eigenvalue weighted by Crippen LogP contribution is -2.14. The number of aliphatic hydroxyl groups excluding tert-OH is 1. The predicted molar refractivity (Wildman–Crippen MR) is 67.3 cm³/mol. The van der Waals surface area contributed by atoms with Crippen molar-refractivity contribution in [3.8, 4) is 11.1 Å². The average Bonchev–Trinajstić information content (AvgIpc) is 2.45. The molecule has 0 aliphatic rings. The topological polar surface area (TPSA) is 70.4 Å². The van der Waals surface area contributed by atoms with E-state index in [0.717, 1.165) is 12.1 Å². The fourth-order valence-electron chi connectivity index (χ4n) is 1.89. The zero-order valence-corrected chi connectivity index (χ0v) is 10.5. The molecule has 21 heavy (non-hydrogen) atoms. The highest BCUT2D eigenvalue weighted by atomic mass is 19.4. The van der Waals surface area contributed by atoms with Gasteiger partial charge < -0.3 is 10.2 Å². The summed E-state index contributed by atoms with van der Waals surface area (Å²) >= 11 is 0. The molecule has 0 aliphatic carbocycles. The Kier molecular flexibility index (Phi) is 3.95. The summed E-state index contributed by atoms with van der Waals surface area (Å²) in [6.45, 7) is 0. The van der Waals surface area contributed by atoms with Crippen molar-refractivity contribution < 1.29 is 28.2 Å². The van der Waals surface area contributed by atoms with Gasteiger partial charge in [-0.05, 0) is 35.4 Å². The smallest absolute Gasteiger partial charge is 0.416 e. The standard InChI is InChI=1S/C14H10F3NO3/c15-14(16,17)9-1-2-10(8-3-5-18-6-4-8)11(7-9)12(19)13(20)21/h1-7,12,19H,(H,20,21). The fraction of sp³-hybridized carbons (Fsp3) is 0.143. The molecule has 0 aliphatic heterocycles. The highest BCUT2D eigenvalue weighted by molar-refractivity contribution is 5.79. The number of halogens is 3. The highest BCUT2D eigenvalue weighted by Crippen LogP contribution is 2.35. The molecule has 2 N–H and O–H groups in total. The Morgan fingerprint density at radius 3 is 2.29 bits per heavy atom. The molecule has 1 atom stereocenters. The number of pyridine rings is 1. The van der Waals surface area contributed by atoms with Crippen molar-refractivity contribution in [2.24, 2.45) is 0 Å². The molecule has 1 unspecified atom stereocenters. The molecule has 0 fully saturated rings. The first-order valence-corrected chi connectivity index (χ1v) is 5.83. The van der Waals surface area contributed by atoms with Gasteiger partial charge in [0.1, 0.15) is 0 Å². The molecule has 7 heteroatoms. The average molecular weight is 297 g/mol. The predicted octanol–water partition coefficient (Wildman–Crippen LogP) is 2.89. The molecule has 110 valence electrons. The second-order valence-electron chi connectivity index (χ2n) is 4.28. The largest absolute Gasteiger partial charge is 0.479 e. The first-order chi connectivity index (χ1) is 9.80. The van der Waals surface area contributed by atoms with Crippen LogP contribution in [0.25, 0.3) is 11.1 Å².